The maximum atomic E-state index is 9.76. The second kappa shape index (κ2) is 3.55. The summed E-state index contributed by atoms with van der Waals surface area (Å²) < 4.78 is 5.10. The molecular weight excluding hydrogens is 140 g/mol. The summed E-state index contributed by atoms with van der Waals surface area (Å²) in [6.07, 6.45) is 5.24. The molecule has 1 saturated carbocycles. The number of hydrogen-bond donors (Lipinski definition) is 1. The van der Waals surface area contributed by atoms with Crippen LogP contribution in [0.4, 0.5) is 0 Å². The van der Waals surface area contributed by atoms with Crippen molar-refractivity contribution < 1.29 is 9.84 Å². The molecule has 1 fully saturated rings. The van der Waals surface area contributed by atoms with Crippen LogP contribution in [0, 0.1) is 0 Å². The Morgan fingerprint density at radius 3 is 2.64 bits per heavy atom. The standard InChI is InChI=1S/C9H18O2/c1-3-4-5-9(10)6-8(7-9)11-2/h8,10H,3-7H2,1-2H3. The first-order valence-corrected chi connectivity index (χ1v) is 4.45. The molecule has 0 unspecified atom stereocenters. The van der Waals surface area contributed by atoms with Gasteiger partial charge in [-0.1, -0.05) is 19.8 Å². The van der Waals surface area contributed by atoms with Gasteiger partial charge in [0.25, 0.3) is 0 Å². The predicted octanol–water partition coefficient (Wildman–Crippen LogP) is 1.72. The van der Waals surface area contributed by atoms with Gasteiger partial charge in [-0.15, -0.1) is 0 Å². The van der Waals surface area contributed by atoms with Gasteiger partial charge in [0, 0.05) is 20.0 Å². The van der Waals surface area contributed by atoms with Crippen molar-refractivity contribution in [2.45, 2.75) is 50.7 Å². The Kier molecular flexibility index (Phi) is 2.90. The fourth-order valence-electron chi connectivity index (χ4n) is 1.66. The molecule has 0 spiro atoms. The van der Waals surface area contributed by atoms with Crippen molar-refractivity contribution in [1.29, 1.82) is 0 Å². The largest absolute Gasteiger partial charge is 0.390 e. The summed E-state index contributed by atoms with van der Waals surface area (Å²) in [6, 6.07) is 0. The minimum atomic E-state index is -0.378. The van der Waals surface area contributed by atoms with Gasteiger partial charge in [0.2, 0.25) is 0 Å². The van der Waals surface area contributed by atoms with E-state index in [0.29, 0.717) is 6.10 Å². The van der Waals surface area contributed by atoms with Crippen LogP contribution in [-0.2, 0) is 4.74 Å². The van der Waals surface area contributed by atoms with Crippen molar-refractivity contribution in [3.8, 4) is 0 Å². The van der Waals surface area contributed by atoms with Crippen LogP contribution < -0.4 is 0 Å². The average molecular weight is 158 g/mol. The topological polar surface area (TPSA) is 29.5 Å². The molecule has 66 valence electrons. The van der Waals surface area contributed by atoms with Crippen molar-refractivity contribution in [1.82, 2.24) is 0 Å². The Morgan fingerprint density at radius 1 is 1.55 bits per heavy atom. The van der Waals surface area contributed by atoms with E-state index >= 15 is 0 Å². The van der Waals surface area contributed by atoms with Gasteiger partial charge in [-0.05, 0) is 6.42 Å². The van der Waals surface area contributed by atoms with Crippen molar-refractivity contribution in [2.75, 3.05) is 7.11 Å². The van der Waals surface area contributed by atoms with Crippen LogP contribution in [0.15, 0.2) is 0 Å². The van der Waals surface area contributed by atoms with Gasteiger partial charge in [0.15, 0.2) is 0 Å². The number of unbranched alkanes of at least 4 members (excludes halogenated alkanes) is 1. The fraction of sp³-hybridized carbons (Fsp3) is 1.00. The molecule has 1 aliphatic rings. The Labute approximate surface area is 68.6 Å². The molecule has 0 radical (unpaired) electrons. The van der Waals surface area contributed by atoms with E-state index < -0.39 is 0 Å². The first kappa shape index (κ1) is 9.01. The van der Waals surface area contributed by atoms with Gasteiger partial charge in [0.1, 0.15) is 0 Å². The van der Waals surface area contributed by atoms with Crippen LogP contribution >= 0.6 is 0 Å². The Balaban J connectivity index is 2.15. The first-order chi connectivity index (χ1) is 5.20. The van der Waals surface area contributed by atoms with Gasteiger partial charge < -0.3 is 9.84 Å². The summed E-state index contributed by atoms with van der Waals surface area (Å²) in [5, 5.41) is 9.76. The molecule has 0 atom stereocenters. The van der Waals surface area contributed by atoms with Crippen LogP contribution in [-0.4, -0.2) is 23.9 Å². The van der Waals surface area contributed by atoms with Crippen molar-refractivity contribution >= 4 is 0 Å². The highest BCUT2D eigenvalue weighted by Gasteiger charge is 2.41. The molecule has 0 aliphatic heterocycles. The highest BCUT2D eigenvalue weighted by molar-refractivity contribution is 4.94. The third-order valence-corrected chi connectivity index (χ3v) is 2.54. The molecular formula is C9H18O2. The van der Waals surface area contributed by atoms with E-state index in [1.165, 1.54) is 6.42 Å². The van der Waals surface area contributed by atoms with Crippen LogP contribution in [0.25, 0.3) is 0 Å². The van der Waals surface area contributed by atoms with Gasteiger partial charge in [-0.2, -0.15) is 0 Å². The summed E-state index contributed by atoms with van der Waals surface area (Å²) in [7, 11) is 1.71. The third-order valence-electron chi connectivity index (χ3n) is 2.54. The van der Waals surface area contributed by atoms with E-state index in [2.05, 4.69) is 6.92 Å². The van der Waals surface area contributed by atoms with Crippen molar-refractivity contribution in [2.24, 2.45) is 0 Å². The molecule has 1 rings (SSSR count). The second-order valence-corrected chi connectivity index (χ2v) is 3.59. The molecule has 2 heteroatoms. The lowest BCUT2D eigenvalue weighted by Gasteiger charge is -2.42. The zero-order valence-electron chi connectivity index (χ0n) is 7.47. The second-order valence-electron chi connectivity index (χ2n) is 3.59. The summed E-state index contributed by atoms with van der Waals surface area (Å²) in [5.74, 6) is 0. The fourth-order valence-corrected chi connectivity index (χ4v) is 1.66. The molecule has 0 amide bonds. The number of aliphatic hydroxyl groups is 1. The summed E-state index contributed by atoms with van der Waals surface area (Å²) in [6.45, 7) is 2.15. The number of hydrogen-bond acceptors (Lipinski definition) is 2. The van der Waals surface area contributed by atoms with Crippen LogP contribution in [0.2, 0.25) is 0 Å². The lowest BCUT2D eigenvalue weighted by molar-refractivity contribution is -0.131. The quantitative estimate of drug-likeness (QED) is 0.675. The molecule has 0 aromatic heterocycles. The number of ether oxygens (including phenoxy) is 1. The third kappa shape index (κ3) is 2.17. The SMILES string of the molecule is CCCCC1(O)CC(OC)C1. The molecule has 2 nitrogen and oxygen atoms in total. The molecule has 0 bridgehead atoms. The molecule has 11 heavy (non-hydrogen) atoms. The normalized spacial score (nSPS) is 36.8. The van der Waals surface area contributed by atoms with Gasteiger partial charge in [-0.3, -0.25) is 0 Å². The predicted molar refractivity (Wildman–Crippen MR) is 44.5 cm³/mol. The monoisotopic (exact) mass is 158 g/mol. The maximum absolute atomic E-state index is 9.76. The van der Waals surface area contributed by atoms with Gasteiger partial charge >= 0.3 is 0 Å². The van der Waals surface area contributed by atoms with Crippen molar-refractivity contribution in [3.05, 3.63) is 0 Å². The lowest BCUT2D eigenvalue weighted by Crippen LogP contribution is -2.47. The Bertz CT molecular complexity index is 111. The van der Waals surface area contributed by atoms with E-state index in [4.69, 9.17) is 4.74 Å². The Morgan fingerprint density at radius 2 is 2.18 bits per heavy atom. The highest BCUT2D eigenvalue weighted by Crippen LogP contribution is 2.37. The van der Waals surface area contributed by atoms with E-state index in [-0.39, 0.29) is 5.60 Å². The van der Waals surface area contributed by atoms with Gasteiger partial charge in [-0.25, -0.2) is 0 Å². The zero-order valence-corrected chi connectivity index (χ0v) is 7.47. The Hall–Kier alpha value is -0.0800. The van der Waals surface area contributed by atoms with Gasteiger partial charge in [0.05, 0.1) is 11.7 Å². The smallest absolute Gasteiger partial charge is 0.0697 e. The maximum Gasteiger partial charge on any atom is 0.0697 e. The van der Waals surface area contributed by atoms with E-state index in [0.717, 1.165) is 25.7 Å². The molecule has 0 heterocycles. The van der Waals surface area contributed by atoms with Crippen molar-refractivity contribution in [3.63, 3.8) is 0 Å². The number of methoxy groups -OCH3 is 1. The first-order valence-electron chi connectivity index (χ1n) is 4.45. The average Bonchev–Trinajstić information content (AvgIpc) is 1.95. The zero-order chi connectivity index (χ0) is 8.32. The highest BCUT2D eigenvalue weighted by atomic mass is 16.5. The van der Waals surface area contributed by atoms with E-state index in [1.807, 2.05) is 0 Å². The summed E-state index contributed by atoms with van der Waals surface area (Å²) >= 11 is 0. The molecule has 1 N–H and O–H groups in total. The molecule has 1 aliphatic carbocycles. The van der Waals surface area contributed by atoms with E-state index in [1.54, 1.807) is 7.11 Å². The summed E-state index contributed by atoms with van der Waals surface area (Å²) in [5.41, 5.74) is -0.378. The molecule has 0 aromatic rings. The minimum Gasteiger partial charge on any atom is -0.390 e. The van der Waals surface area contributed by atoms with Crippen LogP contribution in [0.1, 0.15) is 39.0 Å². The van der Waals surface area contributed by atoms with Crippen LogP contribution in [0.5, 0.6) is 0 Å². The molecule has 0 saturated heterocycles. The molecule has 0 aromatic carbocycles. The summed E-state index contributed by atoms with van der Waals surface area (Å²) in [4.78, 5) is 0. The lowest BCUT2D eigenvalue weighted by atomic mass is 9.74. The van der Waals surface area contributed by atoms with E-state index in [9.17, 15) is 5.11 Å². The van der Waals surface area contributed by atoms with Crippen LogP contribution in [0.3, 0.4) is 0 Å². The minimum absolute atomic E-state index is 0.317. The number of rotatable bonds is 4.